The molecule has 20 heavy (non-hydrogen) atoms. The second-order valence-corrected chi connectivity index (χ2v) is 7.99. The van der Waals surface area contributed by atoms with E-state index in [1.165, 1.54) is 4.88 Å². The summed E-state index contributed by atoms with van der Waals surface area (Å²) in [6, 6.07) is 8.05. The van der Waals surface area contributed by atoms with Crippen molar-refractivity contribution in [3.63, 3.8) is 0 Å². The van der Waals surface area contributed by atoms with Gasteiger partial charge in [0, 0.05) is 9.90 Å². The van der Waals surface area contributed by atoms with E-state index in [2.05, 4.69) is 56.2 Å². The van der Waals surface area contributed by atoms with E-state index < -0.39 is 0 Å². The van der Waals surface area contributed by atoms with Gasteiger partial charge in [0.1, 0.15) is 0 Å². The number of nitrogens with one attached hydrogen (secondary N) is 1. The van der Waals surface area contributed by atoms with Gasteiger partial charge in [-0.1, -0.05) is 11.6 Å². The van der Waals surface area contributed by atoms with Crippen LogP contribution in [0.1, 0.15) is 24.8 Å². The van der Waals surface area contributed by atoms with Crippen molar-refractivity contribution < 1.29 is 4.74 Å². The lowest BCUT2D eigenvalue weighted by molar-refractivity contribution is 0.339. The third kappa shape index (κ3) is 3.91. The van der Waals surface area contributed by atoms with E-state index in [0.717, 1.165) is 19.7 Å². The number of benzene rings is 1. The second-order valence-electron chi connectivity index (χ2n) is 4.21. The first-order valence-electron chi connectivity index (χ1n) is 6.15. The molecule has 0 aliphatic heterocycles. The second kappa shape index (κ2) is 7.16. The minimum atomic E-state index is 0.177. The SMILES string of the molecule is CCOc1c(Br)cc(Cl)cc1NC(C)c1ccc(Br)s1. The number of rotatable bonds is 5. The lowest BCUT2D eigenvalue weighted by Crippen LogP contribution is -2.07. The summed E-state index contributed by atoms with van der Waals surface area (Å²) in [6.07, 6.45) is 0. The number of hydrogen-bond donors (Lipinski definition) is 1. The van der Waals surface area contributed by atoms with Crippen molar-refractivity contribution in [3.8, 4) is 5.75 Å². The first kappa shape index (κ1) is 16.1. The summed E-state index contributed by atoms with van der Waals surface area (Å²) in [5, 5.41) is 4.13. The minimum absolute atomic E-state index is 0.177. The molecule has 108 valence electrons. The molecular weight excluding hydrogens is 425 g/mol. The van der Waals surface area contributed by atoms with Crippen molar-refractivity contribution in [1.82, 2.24) is 0 Å². The summed E-state index contributed by atoms with van der Waals surface area (Å²) in [6.45, 7) is 4.68. The van der Waals surface area contributed by atoms with Crippen molar-refractivity contribution in [2.45, 2.75) is 19.9 Å². The van der Waals surface area contributed by atoms with Gasteiger partial charge in [0.2, 0.25) is 0 Å². The van der Waals surface area contributed by atoms with Crippen molar-refractivity contribution in [2.75, 3.05) is 11.9 Å². The molecular formula is C14H14Br2ClNOS. The first-order chi connectivity index (χ1) is 9.51. The molecule has 6 heteroatoms. The Morgan fingerprint density at radius 1 is 1.35 bits per heavy atom. The summed E-state index contributed by atoms with van der Waals surface area (Å²) in [4.78, 5) is 1.25. The van der Waals surface area contributed by atoms with E-state index in [4.69, 9.17) is 16.3 Å². The standard InChI is InChI=1S/C14H14Br2ClNOS/c1-3-19-14-10(15)6-9(17)7-11(14)18-8(2)12-4-5-13(16)20-12/h4-8,18H,3H2,1-2H3. The Labute approximate surface area is 144 Å². The fourth-order valence-corrected chi connectivity index (χ4v) is 4.17. The highest BCUT2D eigenvalue weighted by Gasteiger charge is 2.14. The van der Waals surface area contributed by atoms with E-state index in [0.29, 0.717) is 11.6 Å². The number of hydrogen-bond acceptors (Lipinski definition) is 3. The summed E-state index contributed by atoms with van der Waals surface area (Å²) in [7, 11) is 0. The predicted molar refractivity (Wildman–Crippen MR) is 94.4 cm³/mol. The Morgan fingerprint density at radius 2 is 2.10 bits per heavy atom. The molecule has 1 aromatic carbocycles. The minimum Gasteiger partial charge on any atom is -0.491 e. The van der Waals surface area contributed by atoms with Crippen LogP contribution in [0.4, 0.5) is 5.69 Å². The molecule has 0 saturated heterocycles. The summed E-state index contributed by atoms with van der Waals surface area (Å²) in [5.74, 6) is 0.791. The lowest BCUT2D eigenvalue weighted by atomic mass is 10.2. The molecule has 0 bridgehead atoms. The predicted octanol–water partition coefficient (Wildman–Crippen LogP) is 6.50. The van der Waals surface area contributed by atoms with Gasteiger partial charge in [-0.3, -0.25) is 0 Å². The molecule has 0 radical (unpaired) electrons. The molecule has 2 aromatic rings. The van der Waals surface area contributed by atoms with Crippen LogP contribution in [0.5, 0.6) is 5.75 Å². The van der Waals surface area contributed by atoms with Crippen molar-refractivity contribution >= 4 is 60.5 Å². The third-order valence-corrected chi connectivity index (χ3v) is 5.30. The van der Waals surface area contributed by atoms with Gasteiger partial charge in [-0.2, -0.15) is 0 Å². The molecule has 1 heterocycles. The van der Waals surface area contributed by atoms with E-state index in [9.17, 15) is 0 Å². The molecule has 0 fully saturated rings. The summed E-state index contributed by atoms with van der Waals surface area (Å²) >= 11 is 14.8. The molecule has 1 atom stereocenters. The van der Waals surface area contributed by atoms with Crippen LogP contribution in [-0.2, 0) is 0 Å². The van der Waals surface area contributed by atoms with Gasteiger partial charge in [0.05, 0.1) is 26.6 Å². The summed E-state index contributed by atoms with van der Waals surface area (Å²) < 4.78 is 7.67. The van der Waals surface area contributed by atoms with Gasteiger partial charge in [-0.15, -0.1) is 11.3 Å². The molecule has 1 unspecified atom stereocenters. The smallest absolute Gasteiger partial charge is 0.156 e. The van der Waals surface area contributed by atoms with E-state index in [-0.39, 0.29) is 6.04 Å². The average Bonchev–Trinajstić information content (AvgIpc) is 2.80. The fourth-order valence-electron chi connectivity index (χ4n) is 1.82. The monoisotopic (exact) mass is 437 g/mol. The van der Waals surface area contributed by atoms with Crippen LogP contribution in [-0.4, -0.2) is 6.61 Å². The molecule has 0 aliphatic carbocycles. The highest BCUT2D eigenvalue weighted by Crippen LogP contribution is 2.39. The van der Waals surface area contributed by atoms with Crippen LogP contribution in [0.2, 0.25) is 5.02 Å². The van der Waals surface area contributed by atoms with Gasteiger partial charge >= 0.3 is 0 Å². The van der Waals surface area contributed by atoms with Crippen LogP contribution in [0.3, 0.4) is 0 Å². The molecule has 0 amide bonds. The Morgan fingerprint density at radius 3 is 2.70 bits per heavy atom. The largest absolute Gasteiger partial charge is 0.491 e. The highest BCUT2D eigenvalue weighted by molar-refractivity contribution is 9.11. The van der Waals surface area contributed by atoms with Crippen LogP contribution < -0.4 is 10.1 Å². The van der Waals surface area contributed by atoms with E-state index in [1.807, 2.05) is 19.1 Å². The van der Waals surface area contributed by atoms with Crippen LogP contribution in [0, 0.1) is 0 Å². The maximum absolute atomic E-state index is 6.13. The molecule has 2 nitrogen and oxygen atoms in total. The van der Waals surface area contributed by atoms with Crippen molar-refractivity contribution in [2.24, 2.45) is 0 Å². The lowest BCUT2D eigenvalue weighted by Gasteiger charge is -2.18. The molecule has 0 spiro atoms. The third-order valence-electron chi connectivity index (χ3n) is 2.69. The van der Waals surface area contributed by atoms with Gasteiger partial charge in [0.25, 0.3) is 0 Å². The van der Waals surface area contributed by atoms with Crippen LogP contribution >= 0.6 is 54.8 Å². The molecule has 0 saturated carbocycles. The normalized spacial score (nSPS) is 12.2. The zero-order valence-electron chi connectivity index (χ0n) is 11.0. The summed E-state index contributed by atoms with van der Waals surface area (Å²) in [5.41, 5.74) is 0.892. The van der Waals surface area contributed by atoms with Gasteiger partial charge < -0.3 is 10.1 Å². The molecule has 2 rings (SSSR count). The van der Waals surface area contributed by atoms with Crippen LogP contribution in [0.15, 0.2) is 32.5 Å². The van der Waals surface area contributed by atoms with Gasteiger partial charge in [0.15, 0.2) is 5.75 Å². The Kier molecular flexibility index (Phi) is 5.78. The maximum Gasteiger partial charge on any atom is 0.156 e. The van der Waals surface area contributed by atoms with Gasteiger partial charge in [-0.25, -0.2) is 0 Å². The number of anilines is 1. The Bertz CT molecular complexity index is 603. The van der Waals surface area contributed by atoms with Crippen molar-refractivity contribution in [3.05, 3.63) is 42.4 Å². The van der Waals surface area contributed by atoms with Crippen LogP contribution in [0.25, 0.3) is 0 Å². The maximum atomic E-state index is 6.13. The topological polar surface area (TPSA) is 21.3 Å². The first-order valence-corrected chi connectivity index (χ1v) is 8.93. The Balaban J connectivity index is 2.27. The zero-order valence-corrected chi connectivity index (χ0v) is 15.8. The molecule has 0 aliphatic rings. The number of halogens is 3. The van der Waals surface area contributed by atoms with Crippen molar-refractivity contribution in [1.29, 1.82) is 0 Å². The van der Waals surface area contributed by atoms with Gasteiger partial charge in [-0.05, 0) is 70.0 Å². The Hall–Kier alpha value is -0.230. The fraction of sp³-hybridized carbons (Fsp3) is 0.286. The number of ether oxygens (including phenoxy) is 1. The number of thiophene rings is 1. The molecule has 1 aromatic heterocycles. The molecule has 1 N–H and O–H groups in total. The average molecular weight is 440 g/mol. The van der Waals surface area contributed by atoms with E-state index in [1.54, 1.807) is 11.3 Å². The van der Waals surface area contributed by atoms with E-state index >= 15 is 0 Å². The zero-order chi connectivity index (χ0) is 14.7. The quantitative estimate of drug-likeness (QED) is 0.574. The highest BCUT2D eigenvalue weighted by atomic mass is 79.9.